The van der Waals surface area contributed by atoms with Crippen molar-refractivity contribution in [1.82, 2.24) is 15.2 Å². The molecule has 17 heavy (non-hydrogen) atoms. The number of hydrogen-bond acceptors (Lipinski definition) is 4. The third kappa shape index (κ3) is 2.15. The maximum Gasteiger partial charge on any atom is 0.106 e. The van der Waals surface area contributed by atoms with Crippen LogP contribution in [0.4, 0.5) is 0 Å². The van der Waals surface area contributed by atoms with E-state index in [0.717, 1.165) is 27.3 Å². The van der Waals surface area contributed by atoms with Crippen LogP contribution in [0.2, 0.25) is 0 Å². The van der Waals surface area contributed by atoms with Gasteiger partial charge in [-0.3, -0.25) is 10.5 Å². The van der Waals surface area contributed by atoms with Crippen LogP contribution in [0.3, 0.4) is 0 Å². The number of halogens is 1. The Bertz CT molecular complexity index is 512. The van der Waals surface area contributed by atoms with Gasteiger partial charge in [0.25, 0.3) is 0 Å². The van der Waals surface area contributed by atoms with Gasteiger partial charge in [-0.05, 0) is 35.8 Å². The van der Waals surface area contributed by atoms with Crippen LogP contribution in [0.25, 0.3) is 0 Å². The van der Waals surface area contributed by atoms with Crippen LogP contribution in [0, 0.1) is 13.8 Å². The summed E-state index contributed by atoms with van der Waals surface area (Å²) in [6.45, 7) is 3.85. The Labute approximate surface area is 108 Å². The molecule has 1 atom stereocenters. The van der Waals surface area contributed by atoms with E-state index >= 15 is 0 Å². The molecule has 5 nitrogen and oxygen atoms in total. The van der Waals surface area contributed by atoms with E-state index in [1.807, 2.05) is 27.0 Å². The van der Waals surface area contributed by atoms with Crippen LogP contribution in [0.15, 0.2) is 21.2 Å². The summed E-state index contributed by atoms with van der Waals surface area (Å²) in [5, 5.41) is 4.19. The summed E-state index contributed by atoms with van der Waals surface area (Å²) in [5.74, 6) is 7.39. The molecule has 0 fully saturated rings. The maximum absolute atomic E-state index is 5.66. The van der Waals surface area contributed by atoms with Crippen molar-refractivity contribution < 1.29 is 4.42 Å². The Morgan fingerprint density at radius 3 is 2.65 bits per heavy atom. The Morgan fingerprint density at radius 2 is 2.24 bits per heavy atom. The topological polar surface area (TPSA) is 69.0 Å². The van der Waals surface area contributed by atoms with Crippen molar-refractivity contribution in [2.75, 3.05) is 0 Å². The van der Waals surface area contributed by atoms with E-state index in [1.54, 1.807) is 10.9 Å². The minimum atomic E-state index is -0.144. The van der Waals surface area contributed by atoms with Crippen molar-refractivity contribution in [3.8, 4) is 0 Å². The van der Waals surface area contributed by atoms with Crippen LogP contribution in [0.1, 0.15) is 28.8 Å². The second-order valence-corrected chi connectivity index (χ2v) is 4.82. The molecule has 92 valence electrons. The first-order valence-corrected chi connectivity index (χ1v) is 6.04. The van der Waals surface area contributed by atoms with E-state index < -0.39 is 0 Å². The fourth-order valence-corrected chi connectivity index (χ4v) is 2.58. The molecule has 0 saturated heterocycles. The smallest absolute Gasteiger partial charge is 0.106 e. The molecule has 2 rings (SSSR count). The molecule has 0 aliphatic carbocycles. The predicted octanol–water partition coefficient (Wildman–Crippen LogP) is 1.95. The number of nitrogens with zero attached hydrogens (tertiary/aromatic N) is 2. The van der Waals surface area contributed by atoms with E-state index in [1.165, 1.54) is 0 Å². The first-order chi connectivity index (χ1) is 8.04. The van der Waals surface area contributed by atoms with E-state index in [9.17, 15) is 0 Å². The Hall–Kier alpha value is -1.11. The molecular formula is C11H15BrN4O. The van der Waals surface area contributed by atoms with Gasteiger partial charge in [-0.2, -0.15) is 5.10 Å². The molecule has 2 aromatic heterocycles. The maximum atomic E-state index is 5.66. The lowest BCUT2D eigenvalue weighted by Crippen LogP contribution is -2.30. The third-order valence-electron chi connectivity index (χ3n) is 2.77. The summed E-state index contributed by atoms with van der Waals surface area (Å²) in [4.78, 5) is 0. The summed E-state index contributed by atoms with van der Waals surface area (Å²) >= 11 is 3.48. The molecule has 2 aromatic rings. The van der Waals surface area contributed by atoms with Crippen molar-refractivity contribution in [3.63, 3.8) is 0 Å². The summed E-state index contributed by atoms with van der Waals surface area (Å²) in [5.41, 5.74) is 4.80. The lowest BCUT2D eigenvalue weighted by molar-refractivity contribution is 0.491. The molecule has 0 amide bonds. The molecule has 2 heterocycles. The predicted molar refractivity (Wildman–Crippen MR) is 68.3 cm³/mol. The molecule has 0 radical (unpaired) electrons. The molecule has 0 aliphatic rings. The lowest BCUT2D eigenvalue weighted by Gasteiger charge is -2.16. The monoisotopic (exact) mass is 298 g/mol. The fourth-order valence-electron chi connectivity index (χ4n) is 2.00. The molecule has 1 unspecified atom stereocenters. The van der Waals surface area contributed by atoms with Gasteiger partial charge in [-0.25, -0.2) is 5.43 Å². The normalized spacial score (nSPS) is 13.0. The fraction of sp³-hybridized carbons (Fsp3) is 0.364. The van der Waals surface area contributed by atoms with Crippen LogP contribution in [0.5, 0.6) is 0 Å². The Kier molecular flexibility index (Phi) is 3.37. The van der Waals surface area contributed by atoms with Crippen LogP contribution >= 0.6 is 15.9 Å². The van der Waals surface area contributed by atoms with Gasteiger partial charge in [0.15, 0.2) is 0 Å². The van der Waals surface area contributed by atoms with Crippen LogP contribution < -0.4 is 11.3 Å². The average molecular weight is 299 g/mol. The second-order valence-electron chi connectivity index (χ2n) is 3.97. The number of rotatable bonds is 3. The third-order valence-corrected chi connectivity index (χ3v) is 3.38. The zero-order chi connectivity index (χ0) is 12.6. The van der Waals surface area contributed by atoms with Crippen molar-refractivity contribution in [1.29, 1.82) is 0 Å². The molecule has 3 N–H and O–H groups in total. The van der Waals surface area contributed by atoms with Gasteiger partial charge in [0.2, 0.25) is 0 Å². The minimum Gasteiger partial charge on any atom is -0.466 e. The van der Waals surface area contributed by atoms with E-state index in [-0.39, 0.29) is 6.04 Å². The zero-order valence-electron chi connectivity index (χ0n) is 9.99. The summed E-state index contributed by atoms with van der Waals surface area (Å²) < 4.78 is 8.24. The highest BCUT2D eigenvalue weighted by atomic mass is 79.9. The first kappa shape index (κ1) is 12.3. The zero-order valence-corrected chi connectivity index (χ0v) is 11.6. The highest BCUT2D eigenvalue weighted by molar-refractivity contribution is 9.10. The number of aryl methyl sites for hydroxylation is 3. The molecular weight excluding hydrogens is 284 g/mol. The summed E-state index contributed by atoms with van der Waals surface area (Å²) in [6, 6.07) is 1.84. The summed E-state index contributed by atoms with van der Waals surface area (Å²) in [7, 11) is 1.88. The van der Waals surface area contributed by atoms with Crippen molar-refractivity contribution in [2.45, 2.75) is 19.9 Å². The molecule has 0 saturated carbocycles. The SMILES string of the molecule is Cc1cc(C(NN)c2c(Br)cnn2C)c(C)o1. The van der Waals surface area contributed by atoms with Crippen LogP contribution in [-0.4, -0.2) is 9.78 Å². The van der Waals surface area contributed by atoms with Crippen LogP contribution in [-0.2, 0) is 7.05 Å². The average Bonchev–Trinajstić information content (AvgIpc) is 2.76. The first-order valence-electron chi connectivity index (χ1n) is 5.25. The largest absolute Gasteiger partial charge is 0.466 e. The van der Waals surface area contributed by atoms with Crippen molar-refractivity contribution >= 4 is 15.9 Å². The number of hydrazine groups is 1. The van der Waals surface area contributed by atoms with Crippen molar-refractivity contribution in [3.05, 3.63) is 39.5 Å². The number of hydrogen-bond donors (Lipinski definition) is 2. The van der Waals surface area contributed by atoms with Crippen molar-refractivity contribution in [2.24, 2.45) is 12.9 Å². The second kappa shape index (κ2) is 4.64. The number of nitrogens with two attached hydrogens (primary N) is 1. The van der Waals surface area contributed by atoms with E-state index in [4.69, 9.17) is 10.3 Å². The minimum absolute atomic E-state index is 0.144. The molecule has 0 aliphatic heterocycles. The van der Waals surface area contributed by atoms with Gasteiger partial charge in [-0.15, -0.1) is 0 Å². The Balaban J connectivity index is 2.51. The van der Waals surface area contributed by atoms with Gasteiger partial charge < -0.3 is 4.42 Å². The van der Waals surface area contributed by atoms with Gasteiger partial charge >= 0.3 is 0 Å². The standard InChI is InChI=1S/C11H15BrN4O/c1-6-4-8(7(2)17-6)10(15-13)11-9(12)5-14-16(11)3/h4-5,10,15H,13H2,1-3H3. The lowest BCUT2D eigenvalue weighted by atomic mass is 10.1. The van der Waals surface area contributed by atoms with Gasteiger partial charge in [-0.1, -0.05) is 0 Å². The number of nitrogens with one attached hydrogen (secondary N) is 1. The number of aromatic nitrogens is 2. The van der Waals surface area contributed by atoms with E-state index in [2.05, 4.69) is 26.5 Å². The number of furan rings is 1. The van der Waals surface area contributed by atoms with E-state index in [0.29, 0.717) is 0 Å². The highest BCUT2D eigenvalue weighted by Crippen LogP contribution is 2.30. The molecule has 0 bridgehead atoms. The Morgan fingerprint density at radius 1 is 1.53 bits per heavy atom. The van der Waals surface area contributed by atoms with Gasteiger partial charge in [0, 0.05) is 12.6 Å². The quantitative estimate of drug-likeness (QED) is 0.671. The molecule has 0 aromatic carbocycles. The highest BCUT2D eigenvalue weighted by Gasteiger charge is 2.23. The van der Waals surface area contributed by atoms with Gasteiger partial charge in [0.05, 0.1) is 22.4 Å². The van der Waals surface area contributed by atoms with Gasteiger partial charge in [0.1, 0.15) is 11.5 Å². The summed E-state index contributed by atoms with van der Waals surface area (Å²) in [6.07, 6.45) is 1.75. The molecule has 6 heteroatoms. The molecule has 0 spiro atoms.